The van der Waals surface area contributed by atoms with Gasteiger partial charge in [0.1, 0.15) is 5.75 Å². The molecule has 0 aliphatic carbocycles. The van der Waals surface area contributed by atoms with Crippen molar-refractivity contribution < 1.29 is 9.90 Å². The monoisotopic (exact) mass is 504 g/mol. The molecule has 36 heavy (non-hydrogen) atoms. The second kappa shape index (κ2) is 11.6. The molecule has 1 N–H and O–H groups in total. The number of thioether (sulfide) groups is 1. The third kappa shape index (κ3) is 6.73. The van der Waals surface area contributed by atoms with Gasteiger partial charge in [-0.1, -0.05) is 84.7 Å². The minimum Gasteiger partial charge on any atom is -0.507 e. The number of nitriles is 1. The molecule has 192 valence electrons. The molecule has 0 unspecified atom stereocenters. The number of benzene rings is 2. The highest BCUT2D eigenvalue weighted by atomic mass is 32.2. The number of amides is 1. The molecule has 1 aliphatic heterocycles. The van der Waals surface area contributed by atoms with Gasteiger partial charge in [-0.15, -0.1) is 0 Å². The highest BCUT2D eigenvalue weighted by molar-refractivity contribution is 8.04. The van der Waals surface area contributed by atoms with Crippen molar-refractivity contribution in [3.8, 4) is 11.8 Å². The number of rotatable bonds is 8. The van der Waals surface area contributed by atoms with Crippen LogP contribution in [-0.2, 0) is 15.6 Å². The molecule has 0 atom stereocenters. The van der Waals surface area contributed by atoms with Gasteiger partial charge in [-0.05, 0) is 59.6 Å². The van der Waals surface area contributed by atoms with E-state index in [-0.39, 0.29) is 16.7 Å². The van der Waals surface area contributed by atoms with Crippen molar-refractivity contribution in [2.45, 2.75) is 95.8 Å². The normalized spacial score (nSPS) is 15.2. The predicted molar refractivity (Wildman–Crippen MR) is 151 cm³/mol. The molecule has 2 aromatic carbocycles. The fourth-order valence-electron chi connectivity index (χ4n) is 4.52. The van der Waals surface area contributed by atoms with E-state index in [9.17, 15) is 9.90 Å². The molecule has 0 saturated heterocycles. The molecule has 5 heteroatoms. The van der Waals surface area contributed by atoms with Crippen LogP contribution in [0.4, 0.5) is 5.69 Å². The molecule has 2 aromatic rings. The number of carbonyl (C=O) groups excluding carboxylic acids is 1. The Morgan fingerprint density at radius 3 is 2.14 bits per heavy atom. The smallest absolute Gasteiger partial charge is 0.265 e. The lowest BCUT2D eigenvalue weighted by atomic mass is 9.78. The van der Waals surface area contributed by atoms with Crippen molar-refractivity contribution in [3.05, 3.63) is 58.0 Å². The van der Waals surface area contributed by atoms with Gasteiger partial charge in [-0.3, -0.25) is 4.79 Å². The van der Waals surface area contributed by atoms with Crippen molar-refractivity contribution in [1.29, 1.82) is 5.26 Å². The third-order valence-electron chi connectivity index (χ3n) is 6.55. The Hall–Kier alpha value is -2.71. The van der Waals surface area contributed by atoms with Gasteiger partial charge in [0, 0.05) is 29.0 Å². The van der Waals surface area contributed by atoms with Crippen LogP contribution in [0.1, 0.15) is 96.8 Å². The van der Waals surface area contributed by atoms with E-state index in [1.165, 1.54) is 11.8 Å². The van der Waals surface area contributed by atoms with Crippen LogP contribution in [0, 0.1) is 11.3 Å². The Morgan fingerprint density at radius 2 is 1.53 bits per heavy atom. The topological polar surface area (TPSA) is 64.3 Å². The minimum atomic E-state index is -0.228. The maximum absolute atomic E-state index is 13.7. The van der Waals surface area contributed by atoms with E-state index in [1.54, 1.807) is 0 Å². The van der Waals surface area contributed by atoms with Gasteiger partial charge in [0.05, 0.1) is 16.7 Å². The summed E-state index contributed by atoms with van der Waals surface area (Å²) < 4.78 is 0. The van der Waals surface area contributed by atoms with E-state index in [1.807, 2.05) is 41.3 Å². The van der Waals surface area contributed by atoms with Crippen molar-refractivity contribution in [2.24, 2.45) is 0 Å². The van der Waals surface area contributed by atoms with Crippen LogP contribution in [0.5, 0.6) is 5.75 Å². The summed E-state index contributed by atoms with van der Waals surface area (Å²) in [5.74, 6) is 0.382. The molecule has 1 heterocycles. The Bertz CT molecular complexity index is 1130. The lowest BCUT2D eigenvalue weighted by Gasteiger charge is -2.31. The van der Waals surface area contributed by atoms with Gasteiger partial charge in [0.15, 0.2) is 0 Å². The SMILES string of the molecule is CC(C)(C)c1cc(/C=C2\Sc3ccccc3N(CCCCCCCC#N)C2=O)cc(C(C)(C)C)c1O. The van der Waals surface area contributed by atoms with Crippen LogP contribution in [0.3, 0.4) is 0 Å². The van der Waals surface area contributed by atoms with Gasteiger partial charge in [-0.25, -0.2) is 0 Å². The number of phenols is 1. The summed E-state index contributed by atoms with van der Waals surface area (Å²) in [6, 6.07) is 14.4. The molecule has 0 bridgehead atoms. The van der Waals surface area contributed by atoms with Gasteiger partial charge in [0.2, 0.25) is 0 Å². The standard InChI is InChI=1S/C31H40N2O2S/c1-30(2,3)23-19-22(20-24(28(23)34)31(4,5)6)21-27-29(35)33(18-14-10-8-7-9-13-17-32)25-15-11-12-16-26(25)36-27/h11-12,15-16,19-21,34H,7-10,13-14,18H2,1-6H3/b27-21-. The second-order valence-electron chi connectivity index (χ2n) is 11.7. The van der Waals surface area contributed by atoms with E-state index in [4.69, 9.17) is 5.26 Å². The third-order valence-corrected chi connectivity index (χ3v) is 7.63. The zero-order valence-corrected chi connectivity index (χ0v) is 23.5. The Kier molecular flexibility index (Phi) is 8.95. The van der Waals surface area contributed by atoms with Crippen LogP contribution in [0.25, 0.3) is 6.08 Å². The number of unbranched alkanes of at least 4 members (excludes halogenated alkanes) is 5. The van der Waals surface area contributed by atoms with Gasteiger partial charge < -0.3 is 10.0 Å². The molecule has 0 aromatic heterocycles. The Morgan fingerprint density at radius 1 is 0.944 bits per heavy atom. The second-order valence-corrected chi connectivity index (χ2v) is 12.8. The van der Waals surface area contributed by atoms with Crippen molar-refractivity contribution >= 4 is 29.4 Å². The highest BCUT2D eigenvalue weighted by Gasteiger charge is 2.30. The molecule has 0 fully saturated rings. The van der Waals surface area contributed by atoms with Crippen molar-refractivity contribution in [3.63, 3.8) is 0 Å². The number of aromatic hydroxyl groups is 1. The number of anilines is 1. The average Bonchev–Trinajstić information content (AvgIpc) is 2.80. The number of fused-ring (bicyclic) bond motifs is 1. The van der Waals surface area contributed by atoms with Crippen molar-refractivity contribution in [1.82, 2.24) is 0 Å². The molecule has 0 radical (unpaired) electrons. The zero-order chi connectivity index (χ0) is 26.5. The largest absolute Gasteiger partial charge is 0.507 e. The summed E-state index contributed by atoms with van der Waals surface area (Å²) in [4.78, 5) is 17.4. The molecule has 3 rings (SSSR count). The van der Waals surface area contributed by atoms with E-state index in [0.717, 1.165) is 59.4 Å². The minimum absolute atomic E-state index is 0.0332. The summed E-state index contributed by atoms with van der Waals surface area (Å²) >= 11 is 1.52. The molecular formula is C31H40N2O2S. The average molecular weight is 505 g/mol. The number of hydrogen-bond acceptors (Lipinski definition) is 4. The van der Waals surface area contributed by atoms with E-state index in [0.29, 0.717) is 23.6 Å². The molecule has 4 nitrogen and oxygen atoms in total. The molecule has 0 saturated carbocycles. The lowest BCUT2D eigenvalue weighted by Crippen LogP contribution is -2.35. The van der Waals surface area contributed by atoms with Gasteiger partial charge >= 0.3 is 0 Å². The van der Waals surface area contributed by atoms with Gasteiger partial charge in [0.25, 0.3) is 5.91 Å². The first-order valence-corrected chi connectivity index (χ1v) is 13.8. The van der Waals surface area contributed by atoms with Crippen LogP contribution in [0.15, 0.2) is 46.2 Å². The summed E-state index contributed by atoms with van der Waals surface area (Å²) in [6.45, 7) is 13.3. The highest BCUT2D eigenvalue weighted by Crippen LogP contribution is 2.44. The number of para-hydroxylation sites is 1. The van der Waals surface area contributed by atoms with Crippen LogP contribution in [0.2, 0.25) is 0 Å². The maximum Gasteiger partial charge on any atom is 0.265 e. The first kappa shape index (κ1) is 27.9. The summed E-state index contributed by atoms with van der Waals surface area (Å²) in [7, 11) is 0. The molecular weight excluding hydrogens is 464 g/mol. The van der Waals surface area contributed by atoms with Crippen LogP contribution >= 0.6 is 11.8 Å². The first-order chi connectivity index (χ1) is 16.9. The van der Waals surface area contributed by atoms with Gasteiger partial charge in [-0.2, -0.15) is 5.26 Å². The maximum atomic E-state index is 13.7. The quantitative estimate of drug-likeness (QED) is 0.290. The van der Waals surface area contributed by atoms with Crippen LogP contribution in [-0.4, -0.2) is 17.6 Å². The number of phenolic OH excluding ortho intramolecular Hbond substituents is 1. The van der Waals surface area contributed by atoms with E-state index in [2.05, 4.69) is 53.7 Å². The van der Waals surface area contributed by atoms with Crippen LogP contribution < -0.4 is 4.90 Å². The Balaban J connectivity index is 1.92. The summed E-state index contributed by atoms with van der Waals surface area (Å²) in [5.41, 5.74) is 3.25. The molecule has 1 amide bonds. The van der Waals surface area contributed by atoms with E-state index < -0.39 is 0 Å². The van der Waals surface area contributed by atoms with E-state index >= 15 is 0 Å². The fraction of sp³-hybridized carbons (Fsp3) is 0.484. The van der Waals surface area contributed by atoms with Crippen molar-refractivity contribution in [2.75, 3.05) is 11.4 Å². The summed E-state index contributed by atoms with van der Waals surface area (Å²) in [6.07, 6.45) is 7.69. The first-order valence-electron chi connectivity index (χ1n) is 13.0. The molecule has 0 spiro atoms. The number of carbonyl (C=O) groups is 1. The lowest BCUT2D eigenvalue weighted by molar-refractivity contribution is -0.114. The Labute approximate surface area is 221 Å². The predicted octanol–water partition coefficient (Wildman–Crippen LogP) is 8.33. The molecule has 1 aliphatic rings. The fourth-order valence-corrected chi connectivity index (χ4v) is 5.58. The number of nitrogens with zero attached hydrogens (tertiary/aromatic N) is 2. The summed E-state index contributed by atoms with van der Waals surface area (Å²) in [5, 5.41) is 19.8. The zero-order valence-electron chi connectivity index (χ0n) is 22.6. The number of hydrogen-bond donors (Lipinski definition) is 1.